The lowest BCUT2D eigenvalue weighted by Crippen LogP contribution is -2.31. The average Bonchev–Trinajstić information content (AvgIpc) is 2.90. The first-order valence-corrected chi connectivity index (χ1v) is 13.1. The van der Waals surface area contributed by atoms with Crippen LogP contribution in [0.3, 0.4) is 0 Å². The minimum absolute atomic E-state index is 0.0366. The third-order valence-electron chi connectivity index (χ3n) is 5.74. The van der Waals surface area contributed by atoms with E-state index in [1.54, 1.807) is 84.9 Å². The third-order valence-corrected chi connectivity index (χ3v) is 7.75. The molecule has 0 aliphatic heterocycles. The van der Waals surface area contributed by atoms with Crippen molar-refractivity contribution in [2.24, 2.45) is 5.73 Å². The molecule has 0 aliphatic rings. The number of nitrogens with two attached hydrogens (primary N) is 1. The molecule has 0 spiro atoms. The van der Waals surface area contributed by atoms with Crippen LogP contribution in [0.5, 0.6) is 0 Å². The number of aryl methyl sites for hydroxylation is 1. The first-order chi connectivity index (χ1) is 17.6. The van der Waals surface area contributed by atoms with Gasteiger partial charge in [0.05, 0.1) is 17.1 Å². The number of anilines is 2. The summed E-state index contributed by atoms with van der Waals surface area (Å²) < 4.78 is 28.6. The van der Waals surface area contributed by atoms with E-state index in [4.69, 9.17) is 17.3 Å². The van der Waals surface area contributed by atoms with E-state index in [1.807, 2.05) is 6.92 Å². The summed E-state index contributed by atoms with van der Waals surface area (Å²) in [4.78, 5) is 24.1. The highest BCUT2D eigenvalue weighted by molar-refractivity contribution is 7.92. The van der Waals surface area contributed by atoms with Gasteiger partial charge in [-0.25, -0.2) is 8.42 Å². The molecular formula is C28H24ClN3O4S. The zero-order valence-electron chi connectivity index (χ0n) is 19.9. The molecule has 0 atom stereocenters. The van der Waals surface area contributed by atoms with E-state index in [-0.39, 0.29) is 17.3 Å². The number of carbonyl (C=O) groups is 2. The van der Waals surface area contributed by atoms with Crippen molar-refractivity contribution in [3.8, 4) is 0 Å². The molecule has 2 amide bonds. The molecule has 37 heavy (non-hydrogen) atoms. The fourth-order valence-corrected chi connectivity index (χ4v) is 5.42. The Kier molecular flexibility index (Phi) is 7.61. The van der Waals surface area contributed by atoms with E-state index in [9.17, 15) is 18.0 Å². The smallest absolute Gasteiger partial charge is 0.264 e. The minimum atomic E-state index is -3.91. The molecule has 0 radical (unpaired) electrons. The molecule has 188 valence electrons. The Balaban J connectivity index is 1.59. The number of sulfonamides is 1. The number of hydrogen-bond acceptors (Lipinski definition) is 4. The molecule has 0 unspecified atom stereocenters. The van der Waals surface area contributed by atoms with Crippen molar-refractivity contribution in [3.63, 3.8) is 0 Å². The Hall–Kier alpha value is -4.14. The van der Waals surface area contributed by atoms with Gasteiger partial charge in [-0.1, -0.05) is 48.0 Å². The van der Waals surface area contributed by atoms with Crippen molar-refractivity contribution in [2.45, 2.75) is 18.4 Å². The van der Waals surface area contributed by atoms with Crippen LogP contribution in [0.2, 0.25) is 5.02 Å². The number of hydrogen-bond donors (Lipinski definition) is 2. The molecule has 0 bridgehead atoms. The number of halogens is 1. The fourth-order valence-electron chi connectivity index (χ4n) is 3.72. The van der Waals surface area contributed by atoms with Gasteiger partial charge >= 0.3 is 0 Å². The number of rotatable bonds is 8. The zero-order chi connectivity index (χ0) is 26.6. The second kappa shape index (κ2) is 10.9. The molecule has 4 aromatic carbocycles. The van der Waals surface area contributed by atoms with Gasteiger partial charge in [0.15, 0.2) is 0 Å². The second-order valence-corrected chi connectivity index (χ2v) is 10.6. The van der Waals surface area contributed by atoms with E-state index < -0.39 is 15.9 Å². The molecule has 4 rings (SSSR count). The summed E-state index contributed by atoms with van der Waals surface area (Å²) in [7, 11) is -3.91. The molecule has 0 aliphatic carbocycles. The maximum Gasteiger partial charge on any atom is 0.264 e. The van der Waals surface area contributed by atoms with Crippen molar-refractivity contribution in [2.75, 3.05) is 9.62 Å². The molecular weight excluding hydrogens is 510 g/mol. The molecule has 7 nitrogen and oxygen atoms in total. The Morgan fingerprint density at radius 3 is 2.11 bits per heavy atom. The molecule has 0 heterocycles. The zero-order valence-corrected chi connectivity index (χ0v) is 21.5. The van der Waals surface area contributed by atoms with Gasteiger partial charge in [-0.3, -0.25) is 13.9 Å². The Labute approximate surface area is 220 Å². The second-order valence-electron chi connectivity index (χ2n) is 8.35. The quantitative estimate of drug-likeness (QED) is 0.316. The van der Waals surface area contributed by atoms with Crippen LogP contribution in [0.15, 0.2) is 102 Å². The van der Waals surface area contributed by atoms with Gasteiger partial charge in [0.1, 0.15) is 0 Å². The largest absolute Gasteiger partial charge is 0.366 e. The van der Waals surface area contributed by atoms with Gasteiger partial charge in [0, 0.05) is 21.8 Å². The summed E-state index contributed by atoms with van der Waals surface area (Å²) in [6, 6.07) is 26.2. The van der Waals surface area contributed by atoms with Gasteiger partial charge in [-0.05, 0) is 78.7 Å². The molecule has 0 saturated heterocycles. The van der Waals surface area contributed by atoms with Crippen LogP contribution in [-0.2, 0) is 16.6 Å². The van der Waals surface area contributed by atoms with Crippen LogP contribution in [0, 0.1) is 6.92 Å². The molecule has 3 N–H and O–H groups in total. The predicted molar refractivity (Wildman–Crippen MR) is 145 cm³/mol. The minimum Gasteiger partial charge on any atom is -0.366 e. The SMILES string of the molecule is Cc1ccc(Cl)cc1N(Cc1ccc(C(=O)Nc2ccc(C(N)=O)cc2)cc1)S(=O)(=O)c1ccccc1. The van der Waals surface area contributed by atoms with Crippen LogP contribution in [0.1, 0.15) is 31.8 Å². The van der Waals surface area contributed by atoms with E-state index in [1.165, 1.54) is 16.4 Å². The fraction of sp³-hybridized carbons (Fsp3) is 0.0714. The van der Waals surface area contributed by atoms with Gasteiger partial charge in [-0.2, -0.15) is 0 Å². The van der Waals surface area contributed by atoms with Crippen molar-refractivity contribution in [1.82, 2.24) is 0 Å². The summed E-state index contributed by atoms with van der Waals surface area (Å²) in [5, 5.41) is 3.18. The highest BCUT2D eigenvalue weighted by atomic mass is 35.5. The summed E-state index contributed by atoms with van der Waals surface area (Å²) in [5.41, 5.74) is 8.39. The predicted octanol–water partition coefficient (Wildman–Crippen LogP) is 5.40. The highest BCUT2D eigenvalue weighted by Crippen LogP contribution is 2.31. The van der Waals surface area contributed by atoms with Crippen LogP contribution in [0.4, 0.5) is 11.4 Å². The lowest BCUT2D eigenvalue weighted by atomic mass is 10.1. The Morgan fingerprint density at radius 1 is 0.865 bits per heavy atom. The molecule has 0 fully saturated rings. The van der Waals surface area contributed by atoms with E-state index in [2.05, 4.69) is 5.32 Å². The number of carbonyl (C=O) groups excluding carboxylic acids is 2. The van der Waals surface area contributed by atoms with Gasteiger partial charge in [-0.15, -0.1) is 0 Å². The van der Waals surface area contributed by atoms with E-state index >= 15 is 0 Å². The average molecular weight is 534 g/mol. The summed E-state index contributed by atoms with van der Waals surface area (Å²) in [6.45, 7) is 1.86. The number of nitrogens with one attached hydrogen (secondary N) is 1. The Morgan fingerprint density at radius 2 is 1.49 bits per heavy atom. The van der Waals surface area contributed by atoms with E-state index in [0.717, 1.165) is 5.56 Å². The molecule has 0 saturated carbocycles. The lowest BCUT2D eigenvalue weighted by Gasteiger charge is -2.26. The highest BCUT2D eigenvalue weighted by Gasteiger charge is 2.26. The van der Waals surface area contributed by atoms with Crippen LogP contribution in [0.25, 0.3) is 0 Å². The van der Waals surface area contributed by atoms with Crippen molar-refractivity contribution < 1.29 is 18.0 Å². The number of amides is 2. The first-order valence-electron chi connectivity index (χ1n) is 11.3. The summed E-state index contributed by atoms with van der Waals surface area (Å²) in [6.07, 6.45) is 0. The van der Waals surface area contributed by atoms with Crippen LogP contribution in [-0.4, -0.2) is 20.2 Å². The standard InChI is InChI=1S/C28H24ClN3O4S/c1-19-7-14-23(29)17-26(19)32(37(35,36)25-5-3-2-4-6-25)18-20-8-10-22(11-9-20)28(34)31-24-15-12-21(13-16-24)27(30)33/h2-17H,18H2,1H3,(H2,30,33)(H,31,34). The first kappa shape index (κ1) is 25.9. The maximum absolute atomic E-state index is 13.6. The number of nitrogens with zero attached hydrogens (tertiary/aromatic N) is 1. The normalized spacial score (nSPS) is 11.1. The van der Waals surface area contributed by atoms with Crippen molar-refractivity contribution >= 4 is 44.8 Å². The van der Waals surface area contributed by atoms with Crippen LogP contribution >= 0.6 is 11.6 Å². The lowest BCUT2D eigenvalue weighted by molar-refractivity contribution is 0.0998. The van der Waals surface area contributed by atoms with Gasteiger partial charge < -0.3 is 11.1 Å². The van der Waals surface area contributed by atoms with E-state index in [0.29, 0.717) is 33.1 Å². The maximum atomic E-state index is 13.6. The van der Waals surface area contributed by atoms with Crippen molar-refractivity contribution in [1.29, 1.82) is 0 Å². The third kappa shape index (κ3) is 5.99. The van der Waals surface area contributed by atoms with Gasteiger partial charge in [0.25, 0.3) is 15.9 Å². The topological polar surface area (TPSA) is 110 Å². The number of benzene rings is 4. The molecule has 4 aromatic rings. The molecule has 0 aromatic heterocycles. The molecule has 9 heteroatoms. The number of primary amides is 1. The Bertz CT molecular complexity index is 1540. The van der Waals surface area contributed by atoms with Gasteiger partial charge in [0.2, 0.25) is 5.91 Å². The van der Waals surface area contributed by atoms with Crippen LogP contribution < -0.4 is 15.4 Å². The summed E-state index contributed by atoms with van der Waals surface area (Å²) >= 11 is 6.22. The van der Waals surface area contributed by atoms with Crippen molar-refractivity contribution in [3.05, 3.63) is 124 Å². The summed E-state index contributed by atoms with van der Waals surface area (Å²) in [5.74, 6) is -0.900. The monoisotopic (exact) mass is 533 g/mol.